The normalized spacial score (nSPS) is 13.7. The monoisotopic (exact) mass is 457 g/mol. The van der Waals surface area contributed by atoms with Crippen LogP contribution >= 0.6 is 0 Å². The Bertz CT molecular complexity index is 1170. The zero-order valence-corrected chi connectivity index (χ0v) is 18.9. The molecule has 0 aliphatic carbocycles. The van der Waals surface area contributed by atoms with Crippen LogP contribution in [0.2, 0.25) is 0 Å². The Labute approximate surface area is 198 Å². The van der Waals surface area contributed by atoms with E-state index in [9.17, 15) is 10.1 Å². The highest BCUT2D eigenvalue weighted by Gasteiger charge is 2.12. The molecular formula is C26H27N5O3. The van der Waals surface area contributed by atoms with Gasteiger partial charge in [-0.15, -0.1) is 0 Å². The molecule has 1 aliphatic heterocycles. The van der Waals surface area contributed by atoms with Crippen LogP contribution in [0.15, 0.2) is 60.8 Å². The summed E-state index contributed by atoms with van der Waals surface area (Å²) in [4.78, 5) is 19.0. The second-order valence-electron chi connectivity index (χ2n) is 7.95. The van der Waals surface area contributed by atoms with Gasteiger partial charge in [0.1, 0.15) is 6.61 Å². The van der Waals surface area contributed by atoms with Crippen molar-refractivity contribution < 1.29 is 14.3 Å². The van der Waals surface area contributed by atoms with E-state index in [2.05, 4.69) is 21.3 Å². The molecule has 8 heteroatoms. The molecule has 2 aromatic carbocycles. The smallest absolute Gasteiger partial charge is 0.251 e. The first-order chi connectivity index (χ1) is 16.6. The van der Waals surface area contributed by atoms with Crippen molar-refractivity contribution in [2.45, 2.75) is 6.61 Å². The summed E-state index contributed by atoms with van der Waals surface area (Å²) in [6, 6.07) is 18.6. The summed E-state index contributed by atoms with van der Waals surface area (Å²) in [6.07, 6.45) is 1.67. The van der Waals surface area contributed by atoms with Crippen molar-refractivity contribution in [1.82, 2.24) is 15.2 Å². The fourth-order valence-corrected chi connectivity index (χ4v) is 3.71. The molecule has 1 aliphatic rings. The van der Waals surface area contributed by atoms with Crippen molar-refractivity contribution in [3.05, 3.63) is 77.5 Å². The predicted octanol–water partition coefficient (Wildman–Crippen LogP) is 2.84. The van der Waals surface area contributed by atoms with Crippen LogP contribution in [0.4, 0.5) is 5.82 Å². The first-order valence-electron chi connectivity index (χ1n) is 11.2. The zero-order chi connectivity index (χ0) is 23.8. The van der Waals surface area contributed by atoms with Gasteiger partial charge in [0.2, 0.25) is 0 Å². The highest BCUT2D eigenvalue weighted by Crippen LogP contribution is 2.28. The van der Waals surface area contributed by atoms with E-state index in [1.165, 1.54) is 0 Å². The van der Waals surface area contributed by atoms with Gasteiger partial charge < -0.3 is 20.5 Å². The molecule has 1 fully saturated rings. The third-order valence-corrected chi connectivity index (χ3v) is 5.70. The Hall–Kier alpha value is -3.93. The number of hydrogen-bond acceptors (Lipinski definition) is 7. The minimum Gasteiger partial charge on any atom is -0.485 e. The Morgan fingerprint density at radius 2 is 1.91 bits per heavy atom. The van der Waals surface area contributed by atoms with Gasteiger partial charge >= 0.3 is 0 Å². The number of benzene rings is 2. The predicted molar refractivity (Wildman–Crippen MR) is 129 cm³/mol. The minimum absolute atomic E-state index is 0.101. The van der Waals surface area contributed by atoms with Crippen LogP contribution in [-0.2, 0) is 11.3 Å². The number of hydrogen-bond donors (Lipinski definition) is 2. The quantitative estimate of drug-likeness (QED) is 0.535. The van der Waals surface area contributed by atoms with Crippen LogP contribution in [0, 0.1) is 11.3 Å². The van der Waals surface area contributed by atoms with Crippen LogP contribution in [0.3, 0.4) is 0 Å². The van der Waals surface area contributed by atoms with Gasteiger partial charge in [-0.25, -0.2) is 4.98 Å². The van der Waals surface area contributed by atoms with Crippen molar-refractivity contribution in [1.29, 1.82) is 5.26 Å². The number of nitriles is 1. The molecule has 4 rings (SSSR count). The first-order valence-corrected chi connectivity index (χ1v) is 11.2. The number of carbonyl (C=O) groups excluding carboxylic acids is 1. The molecule has 174 valence electrons. The number of anilines is 1. The van der Waals surface area contributed by atoms with Gasteiger partial charge in [-0.3, -0.25) is 9.69 Å². The molecule has 1 aromatic heterocycles. The van der Waals surface area contributed by atoms with E-state index in [0.717, 1.165) is 49.5 Å². The van der Waals surface area contributed by atoms with Crippen LogP contribution < -0.4 is 15.8 Å². The summed E-state index contributed by atoms with van der Waals surface area (Å²) in [5, 5.41) is 12.2. The van der Waals surface area contributed by atoms with Crippen LogP contribution in [0.1, 0.15) is 21.5 Å². The molecule has 0 atom stereocenters. The average Bonchev–Trinajstić information content (AvgIpc) is 2.89. The lowest BCUT2D eigenvalue weighted by molar-refractivity contribution is 0.0383. The summed E-state index contributed by atoms with van der Waals surface area (Å²) in [6.45, 7) is 4.91. The fraction of sp³-hybridized carbons (Fsp3) is 0.269. The maximum absolute atomic E-state index is 12.5. The van der Waals surface area contributed by atoms with Gasteiger partial charge in [-0.1, -0.05) is 30.3 Å². The average molecular weight is 458 g/mol. The molecule has 2 heterocycles. The maximum atomic E-state index is 12.5. The Kier molecular flexibility index (Phi) is 7.71. The molecule has 0 spiro atoms. The summed E-state index contributed by atoms with van der Waals surface area (Å²) < 4.78 is 11.2. The molecule has 0 bridgehead atoms. The van der Waals surface area contributed by atoms with Crippen molar-refractivity contribution in [2.75, 3.05) is 45.1 Å². The van der Waals surface area contributed by atoms with Gasteiger partial charge in [-0.2, -0.15) is 5.26 Å². The maximum Gasteiger partial charge on any atom is 0.251 e. The van der Waals surface area contributed by atoms with E-state index < -0.39 is 0 Å². The molecule has 0 saturated carbocycles. The Morgan fingerprint density at radius 3 is 2.68 bits per heavy atom. The highest BCUT2D eigenvalue weighted by atomic mass is 16.5. The van der Waals surface area contributed by atoms with Crippen molar-refractivity contribution in [3.63, 3.8) is 0 Å². The van der Waals surface area contributed by atoms with Crippen molar-refractivity contribution in [2.24, 2.45) is 0 Å². The molecule has 34 heavy (non-hydrogen) atoms. The summed E-state index contributed by atoms with van der Waals surface area (Å²) in [7, 11) is 0. The molecule has 3 aromatic rings. The van der Waals surface area contributed by atoms with Crippen molar-refractivity contribution in [3.8, 4) is 22.9 Å². The number of ether oxygens (including phenoxy) is 2. The fourth-order valence-electron chi connectivity index (χ4n) is 3.71. The topological polar surface area (TPSA) is 114 Å². The largest absolute Gasteiger partial charge is 0.485 e. The lowest BCUT2D eigenvalue weighted by Crippen LogP contribution is -2.41. The van der Waals surface area contributed by atoms with Gasteiger partial charge in [0.05, 0.1) is 24.8 Å². The van der Waals surface area contributed by atoms with Crippen LogP contribution in [0.5, 0.6) is 5.75 Å². The number of rotatable bonds is 8. The molecule has 1 amide bonds. The number of nitrogens with zero attached hydrogens (tertiary/aromatic N) is 3. The SMILES string of the molecule is N#Cc1ccccc1COc1cc(-c2ccc(C(=O)NCCN3CCOCC3)cc2)cnc1N. The second-order valence-corrected chi connectivity index (χ2v) is 7.95. The first kappa shape index (κ1) is 23.2. The third-order valence-electron chi connectivity index (χ3n) is 5.70. The van der Waals surface area contributed by atoms with E-state index in [1.54, 1.807) is 24.4 Å². The molecule has 0 radical (unpaired) electrons. The number of nitrogen functional groups attached to an aromatic ring is 1. The molecule has 8 nitrogen and oxygen atoms in total. The lowest BCUT2D eigenvalue weighted by Gasteiger charge is -2.26. The van der Waals surface area contributed by atoms with Crippen molar-refractivity contribution >= 4 is 11.7 Å². The number of morpholine rings is 1. The number of nitrogens with two attached hydrogens (primary N) is 1. The number of amides is 1. The summed E-state index contributed by atoms with van der Waals surface area (Å²) >= 11 is 0. The molecule has 1 saturated heterocycles. The minimum atomic E-state index is -0.101. The second kappa shape index (κ2) is 11.3. The van der Waals surface area contributed by atoms with Gasteiger partial charge in [0.25, 0.3) is 5.91 Å². The number of carbonyl (C=O) groups is 1. The lowest BCUT2D eigenvalue weighted by atomic mass is 10.0. The molecular weight excluding hydrogens is 430 g/mol. The zero-order valence-electron chi connectivity index (χ0n) is 18.9. The van der Waals surface area contributed by atoms with Gasteiger partial charge in [-0.05, 0) is 29.8 Å². The van der Waals surface area contributed by atoms with Crippen LogP contribution in [0.25, 0.3) is 11.1 Å². The van der Waals surface area contributed by atoms with E-state index in [-0.39, 0.29) is 18.3 Å². The van der Waals surface area contributed by atoms with E-state index in [4.69, 9.17) is 15.2 Å². The number of nitrogens with one attached hydrogen (secondary N) is 1. The summed E-state index contributed by atoms with van der Waals surface area (Å²) in [5.41, 5.74) is 9.64. The number of pyridine rings is 1. The molecule has 3 N–H and O–H groups in total. The third kappa shape index (κ3) is 5.90. The number of aromatic nitrogens is 1. The van der Waals surface area contributed by atoms with E-state index in [1.807, 2.05) is 36.4 Å². The molecule has 0 unspecified atom stereocenters. The highest BCUT2D eigenvalue weighted by molar-refractivity contribution is 5.94. The Balaban J connectivity index is 1.37. The standard InChI is InChI=1S/C26H27N5O3/c27-16-21-3-1-2-4-22(21)18-34-24-15-23(17-30-25(24)28)19-5-7-20(8-6-19)26(32)29-9-10-31-11-13-33-14-12-31/h1-8,15,17H,9-14,18H2,(H2,28,30)(H,29,32). The van der Waals surface area contributed by atoms with E-state index in [0.29, 0.717) is 23.4 Å². The Morgan fingerprint density at radius 1 is 1.15 bits per heavy atom. The summed E-state index contributed by atoms with van der Waals surface area (Å²) in [5.74, 6) is 0.611. The van der Waals surface area contributed by atoms with Crippen LogP contribution in [-0.4, -0.2) is 55.2 Å². The van der Waals surface area contributed by atoms with E-state index >= 15 is 0 Å². The van der Waals surface area contributed by atoms with Gasteiger partial charge in [0.15, 0.2) is 11.6 Å². The van der Waals surface area contributed by atoms with Gasteiger partial charge in [0, 0.05) is 49.1 Å².